The summed E-state index contributed by atoms with van der Waals surface area (Å²) in [4.78, 5) is 42.0. The standard InChI is InChI=1S/C25H33N3O5/c1-2-3-16-6-7-20-21-18(13-27(20)24(16)31)19(14-29)22(23(30)26-12-15-4-5-15)28(21)25(32)17-8-10-33-11-9-17/h2-3,6-7,15,17-19,21-22,29H,4-5,8-14H2,1H3,(H,26,30)/b3-2+/t18-,19-,21+,22-/m0/s1. The van der Waals surface area contributed by atoms with Crippen molar-refractivity contribution in [1.82, 2.24) is 14.8 Å². The number of allylic oxidation sites excluding steroid dienone is 1. The van der Waals surface area contributed by atoms with Crippen molar-refractivity contribution in [3.05, 3.63) is 39.8 Å². The topological polar surface area (TPSA) is 101 Å². The van der Waals surface area contributed by atoms with Gasteiger partial charge in [-0.3, -0.25) is 14.4 Å². The Morgan fingerprint density at radius 3 is 2.64 bits per heavy atom. The summed E-state index contributed by atoms with van der Waals surface area (Å²) in [6, 6.07) is 2.59. The smallest absolute Gasteiger partial charge is 0.258 e. The molecule has 4 aliphatic rings. The molecule has 2 saturated heterocycles. The first-order valence-corrected chi connectivity index (χ1v) is 12.2. The van der Waals surface area contributed by atoms with Crippen LogP contribution in [-0.4, -0.2) is 58.8 Å². The summed E-state index contributed by atoms with van der Waals surface area (Å²) in [7, 11) is 0. The van der Waals surface area contributed by atoms with Crippen molar-refractivity contribution >= 4 is 17.9 Å². The molecule has 5 rings (SSSR count). The second kappa shape index (κ2) is 9.06. The van der Waals surface area contributed by atoms with Crippen molar-refractivity contribution in [3.63, 3.8) is 0 Å². The van der Waals surface area contributed by atoms with Gasteiger partial charge in [0.1, 0.15) is 6.04 Å². The van der Waals surface area contributed by atoms with Crippen molar-refractivity contribution in [2.45, 2.75) is 51.2 Å². The van der Waals surface area contributed by atoms with Crippen molar-refractivity contribution < 1.29 is 19.4 Å². The number of aromatic nitrogens is 1. The van der Waals surface area contributed by atoms with Gasteiger partial charge in [-0.25, -0.2) is 0 Å². The number of carbonyl (C=O) groups is 2. The van der Waals surface area contributed by atoms with E-state index in [-0.39, 0.29) is 41.9 Å². The van der Waals surface area contributed by atoms with Gasteiger partial charge in [0.05, 0.1) is 6.04 Å². The van der Waals surface area contributed by atoms with Gasteiger partial charge in [-0.2, -0.15) is 0 Å². The second-order valence-electron chi connectivity index (χ2n) is 9.85. The first kappa shape index (κ1) is 22.3. The minimum Gasteiger partial charge on any atom is -0.396 e. The maximum absolute atomic E-state index is 13.8. The predicted octanol–water partition coefficient (Wildman–Crippen LogP) is 1.32. The molecule has 2 amide bonds. The molecule has 8 nitrogen and oxygen atoms in total. The molecule has 4 heterocycles. The van der Waals surface area contributed by atoms with Gasteiger partial charge in [-0.15, -0.1) is 0 Å². The number of carbonyl (C=O) groups excluding carboxylic acids is 2. The molecule has 33 heavy (non-hydrogen) atoms. The van der Waals surface area contributed by atoms with Gasteiger partial charge in [-0.1, -0.05) is 12.2 Å². The molecule has 1 saturated carbocycles. The quantitative estimate of drug-likeness (QED) is 0.674. The molecule has 1 aromatic heterocycles. The third kappa shape index (κ3) is 3.93. The summed E-state index contributed by atoms with van der Waals surface area (Å²) in [5.41, 5.74) is 1.27. The van der Waals surface area contributed by atoms with Gasteiger partial charge in [-0.05, 0) is 50.7 Å². The van der Waals surface area contributed by atoms with E-state index in [2.05, 4.69) is 5.32 Å². The lowest BCUT2D eigenvalue weighted by Gasteiger charge is -2.34. The number of hydrogen-bond acceptors (Lipinski definition) is 5. The predicted molar refractivity (Wildman–Crippen MR) is 122 cm³/mol. The molecule has 0 aromatic carbocycles. The average molecular weight is 456 g/mol. The van der Waals surface area contributed by atoms with Gasteiger partial charge >= 0.3 is 0 Å². The second-order valence-corrected chi connectivity index (χ2v) is 9.85. The number of aliphatic hydroxyl groups excluding tert-OH is 1. The fraction of sp³-hybridized carbons (Fsp3) is 0.640. The number of aliphatic hydroxyl groups is 1. The zero-order valence-electron chi connectivity index (χ0n) is 19.1. The molecular formula is C25H33N3O5. The van der Waals surface area contributed by atoms with Crippen LogP contribution in [0.25, 0.3) is 6.08 Å². The highest BCUT2D eigenvalue weighted by Crippen LogP contribution is 2.50. The molecule has 3 fully saturated rings. The highest BCUT2D eigenvalue weighted by molar-refractivity contribution is 5.90. The van der Waals surface area contributed by atoms with E-state index in [1.54, 1.807) is 21.6 Å². The number of nitrogens with zero attached hydrogens (tertiary/aromatic N) is 2. The third-order valence-corrected chi connectivity index (χ3v) is 7.81. The molecule has 0 spiro atoms. The monoisotopic (exact) mass is 455 g/mol. The normalized spacial score (nSPS) is 29.3. The van der Waals surface area contributed by atoms with E-state index in [0.717, 1.165) is 18.5 Å². The van der Waals surface area contributed by atoms with Gasteiger partial charge in [0.25, 0.3) is 5.56 Å². The maximum Gasteiger partial charge on any atom is 0.258 e. The summed E-state index contributed by atoms with van der Waals surface area (Å²) in [6.45, 7) is 3.74. The van der Waals surface area contributed by atoms with Crippen LogP contribution < -0.4 is 10.9 Å². The molecule has 178 valence electrons. The lowest BCUT2D eigenvalue weighted by atomic mass is 9.88. The summed E-state index contributed by atoms with van der Waals surface area (Å²) >= 11 is 0. The first-order chi connectivity index (χ1) is 16.0. The molecule has 3 aliphatic heterocycles. The Hall–Kier alpha value is -2.45. The zero-order chi connectivity index (χ0) is 23.1. The van der Waals surface area contributed by atoms with E-state index in [1.165, 1.54) is 0 Å². The molecule has 4 atom stereocenters. The minimum atomic E-state index is -0.724. The Morgan fingerprint density at radius 1 is 1.21 bits per heavy atom. The summed E-state index contributed by atoms with van der Waals surface area (Å²) in [5, 5.41) is 13.4. The van der Waals surface area contributed by atoms with Crippen LogP contribution in [0.5, 0.6) is 0 Å². The molecule has 1 aliphatic carbocycles. The highest BCUT2D eigenvalue weighted by atomic mass is 16.5. The Morgan fingerprint density at radius 2 is 1.97 bits per heavy atom. The first-order valence-electron chi connectivity index (χ1n) is 12.2. The Labute approximate surface area is 193 Å². The number of amides is 2. The molecule has 0 radical (unpaired) electrons. The van der Waals surface area contributed by atoms with Crippen molar-refractivity contribution in [2.24, 2.45) is 23.7 Å². The van der Waals surface area contributed by atoms with E-state index in [4.69, 9.17) is 4.74 Å². The molecule has 1 aromatic rings. The van der Waals surface area contributed by atoms with Gasteiger partial charge < -0.3 is 24.6 Å². The Kier molecular flexibility index (Phi) is 6.14. The fourth-order valence-corrected chi connectivity index (χ4v) is 5.88. The van der Waals surface area contributed by atoms with E-state index in [0.29, 0.717) is 50.6 Å². The van der Waals surface area contributed by atoms with Gasteiger partial charge in [0.2, 0.25) is 11.8 Å². The van der Waals surface area contributed by atoms with Crippen LogP contribution in [-0.2, 0) is 20.9 Å². The molecule has 0 unspecified atom stereocenters. The Balaban J connectivity index is 1.53. The lowest BCUT2D eigenvalue weighted by molar-refractivity contribution is -0.147. The van der Waals surface area contributed by atoms with Crippen molar-refractivity contribution in [1.29, 1.82) is 0 Å². The summed E-state index contributed by atoms with van der Waals surface area (Å²) < 4.78 is 7.19. The number of fused-ring (bicyclic) bond motifs is 3. The molecule has 8 heteroatoms. The number of pyridine rings is 1. The molecule has 2 N–H and O–H groups in total. The van der Waals surface area contributed by atoms with Crippen LogP contribution in [0.1, 0.15) is 49.9 Å². The van der Waals surface area contributed by atoms with Crippen LogP contribution in [0.3, 0.4) is 0 Å². The number of nitrogens with one attached hydrogen (secondary N) is 1. The van der Waals surface area contributed by atoms with E-state index < -0.39 is 12.0 Å². The maximum atomic E-state index is 13.8. The number of hydrogen-bond donors (Lipinski definition) is 2. The number of likely N-dealkylation sites (tertiary alicyclic amines) is 1. The van der Waals surface area contributed by atoms with Crippen LogP contribution in [0.4, 0.5) is 0 Å². The summed E-state index contributed by atoms with van der Waals surface area (Å²) in [6.07, 6.45) is 7.10. The van der Waals surface area contributed by atoms with Crippen LogP contribution in [0, 0.1) is 23.7 Å². The Bertz CT molecular complexity index is 1010. The van der Waals surface area contributed by atoms with E-state index in [9.17, 15) is 19.5 Å². The third-order valence-electron chi connectivity index (χ3n) is 7.81. The summed E-state index contributed by atoms with van der Waals surface area (Å²) in [5.74, 6) is -0.527. The lowest BCUT2D eigenvalue weighted by Crippen LogP contribution is -2.52. The van der Waals surface area contributed by atoms with Crippen LogP contribution in [0.15, 0.2) is 23.0 Å². The van der Waals surface area contributed by atoms with Crippen LogP contribution in [0.2, 0.25) is 0 Å². The minimum absolute atomic E-state index is 0.0609. The number of ether oxygens (including phenoxy) is 1. The molecular weight excluding hydrogens is 422 g/mol. The van der Waals surface area contributed by atoms with Gasteiger partial charge in [0, 0.05) is 61.9 Å². The largest absolute Gasteiger partial charge is 0.396 e. The van der Waals surface area contributed by atoms with Crippen molar-refractivity contribution in [2.75, 3.05) is 26.4 Å². The number of rotatable bonds is 6. The zero-order valence-corrected chi connectivity index (χ0v) is 19.1. The molecule has 0 bridgehead atoms. The van der Waals surface area contributed by atoms with Crippen molar-refractivity contribution in [3.8, 4) is 0 Å². The average Bonchev–Trinajstić information content (AvgIpc) is 3.51. The highest BCUT2D eigenvalue weighted by Gasteiger charge is 2.58. The van der Waals surface area contributed by atoms with Crippen LogP contribution >= 0.6 is 0 Å². The van der Waals surface area contributed by atoms with E-state index >= 15 is 0 Å². The van der Waals surface area contributed by atoms with Gasteiger partial charge in [0.15, 0.2) is 0 Å². The fourth-order valence-electron chi connectivity index (χ4n) is 5.88. The van der Waals surface area contributed by atoms with E-state index in [1.807, 2.05) is 19.1 Å². The SMILES string of the molecule is C/C=C/c1ccc2n(c1=O)C[C@H]1[C@H](CO)[C@@H](C(=O)NCC3CC3)N(C(=O)C3CCOCC3)[C@@H]21.